The highest BCUT2D eigenvalue weighted by Gasteiger charge is 2.41. The van der Waals surface area contributed by atoms with E-state index in [4.69, 9.17) is 34.1 Å². The molecule has 0 fully saturated rings. The second-order valence-electron chi connectivity index (χ2n) is 12.4. The minimum absolute atomic E-state index is 0.213. The van der Waals surface area contributed by atoms with E-state index in [0.29, 0.717) is 23.3 Å². The lowest BCUT2D eigenvalue weighted by molar-refractivity contribution is 0.275. The van der Waals surface area contributed by atoms with Gasteiger partial charge in [0, 0.05) is 44.2 Å². The number of amidine groups is 1. The number of nitrogens with zero attached hydrogens (tertiary/aromatic N) is 5. The normalized spacial score (nSPS) is 16.4. The second-order valence-corrected chi connectivity index (χ2v) is 12.4. The standard InChI is InChI=1S/C43H27N5O2/c1-4-13-26(14-5-1)40-44-37-31-19-10-11-21-33(31)50-39(37)38(45-40)32-20-12-22-34-36(32)30-24-23-29(25-35(30)49-34)43-47-41(27-15-6-2-7-16-27)46-42(48-43)28-17-8-3-9-18-28/h1-25,37,39H. The van der Waals surface area contributed by atoms with Crippen LogP contribution in [-0.4, -0.2) is 32.6 Å². The summed E-state index contributed by atoms with van der Waals surface area (Å²) in [6, 6.07) is 50.3. The molecule has 4 heterocycles. The zero-order valence-corrected chi connectivity index (χ0v) is 26.6. The Morgan fingerprint density at radius 2 is 1.12 bits per heavy atom. The number of furan rings is 1. The number of para-hydroxylation sites is 1. The quantitative estimate of drug-likeness (QED) is 0.186. The molecule has 7 heteroatoms. The monoisotopic (exact) mass is 645 g/mol. The molecule has 0 N–H and O–H groups in total. The summed E-state index contributed by atoms with van der Waals surface area (Å²) in [5, 5.41) is 1.95. The minimum atomic E-state index is -0.368. The maximum absolute atomic E-state index is 6.58. The number of aliphatic imine (C=N–C) groups is 2. The van der Waals surface area contributed by atoms with Gasteiger partial charge in [-0.05, 0) is 24.3 Å². The predicted molar refractivity (Wildman–Crippen MR) is 197 cm³/mol. The van der Waals surface area contributed by atoms with Crippen LogP contribution in [0.5, 0.6) is 5.75 Å². The van der Waals surface area contributed by atoms with E-state index in [2.05, 4.69) is 24.3 Å². The summed E-state index contributed by atoms with van der Waals surface area (Å²) in [7, 11) is 0. The van der Waals surface area contributed by atoms with E-state index < -0.39 is 0 Å². The first-order valence-corrected chi connectivity index (χ1v) is 16.6. The van der Waals surface area contributed by atoms with E-state index in [-0.39, 0.29) is 12.1 Å². The lowest BCUT2D eigenvalue weighted by Gasteiger charge is -2.24. The fourth-order valence-corrected chi connectivity index (χ4v) is 6.93. The molecule has 6 aromatic carbocycles. The van der Waals surface area contributed by atoms with Gasteiger partial charge in [0.2, 0.25) is 0 Å². The SMILES string of the molecule is c1ccc(C2=NC3c4ccccc4OC3C(c3cccc4oc5cc(-c6nc(-c7ccccc7)nc(-c7ccccc7)n6)ccc5c34)=N2)cc1. The molecule has 8 aromatic rings. The summed E-state index contributed by atoms with van der Waals surface area (Å²) < 4.78 is 13.1. The Hall–Kier alpha value is -6.73. The summed E-state index contributed by atoms with van der Waals surface area (Å²) in [5.74, 6) is 3.32. The Labute approximate surface area is 287 Å². The van der Waals surface area contributed by atoms with Gasteiger partial charge < -0.3 is 9.15 Å². The molecule has 10 rings (SSSR count). The Morgan fingerprint density at radius 1 is 0.500 bits per heavy atom. The summed E-state index contributed by atoms with van der Waals surface area (Å²) in [5.41, 5.74) is 7.98. The summed E-state index contributed by atoms with van der Waals surface area (Å²) in [4.78, 5) is 25.0. The number of ether oxygens (including phenoxy) is 1. The third kappa shape index (κ3) is 4.70. The molecule has 2 aliphatic rings. The van der Waals surface area contributed by atoms with Crippen LogP contribution < -0.4 is 4.74 Å². The van der Waals surface area contributed by atoms with E-state index >= 15 is 0 Å². The minimum Gasteiger partial charge on any atom is -0.481 e. The van der Waals surface area contributed by atoms with E-state index in [1.54, 1.807) is 0 Å². The van der Waals surface area contributed by atoms with Crippen molar-refractivity contribution < 1.29 is 9.15 Å². The van der Waals surface area contributed by atoms with Crippen molar-refractivity contribution in [3.8, 4) is 39.9 Å². The number of benzene rings is 6. The van der Waals surface area contributed by atoms with Crippen molar-refractivity contribution in [1.82, 2.24) is 15.0 Å². The highest BCUT2D eigenvalue weighted by Crippen LogP contribution is 2.44. The van der Waals surface area contributed by atoms with Gasteiger partial charge in [-0.15, -0.1) is 0 Å². The second kappa shape index (κ2) is 11.5. The molecule has 0 saturated heterocycles. The Balaban J connectivity index is 1.12. The van der Waals surface area contributed by atoms with Gasteiger partial charge in [0.15, 0.2) is 29.4 Å². The van der Waals surface area contributed by atoms with Crippen molar-refractivity contribution in [3.05, 3.63) is 168 Å². The van der Waals surface area contributed by atoms with Crippen LogP contribution in [0.25, 0.3) is 56.1 Å². The fourth-order valence-electron chi connectivity index (χ4n) is 6.93. The van der Waals surface area contributed by atoms with Crippen molar-refractivity contribution in [2.75, 3.05) is 0 Å². The first kappa shape index (κ1) is 28.3. The van der Waals surface area contributed by atoms with Crippen LogP contribution in [0.1, 0.15) is 22.7 Å². The maximum atomic E-state index is 6.58. The van der Waals surface area contributed by atoms with Crippen molar-refractivity contribution in [2.24, 2.45) is 9.98 Å². The van der Waals surface area contributed by atoms with E-state index in [0.717, 1.165) is 66.8 Å². The number of rotatable bonds is 5. The van der Waals surface area contributed by atoms with Crippen LogP contribution >= 0.6 is 0 Å². The van der Waals surface area contributed by atoms with Gasteiger partial charge in [-0.2, -0.15) is 0 Å². The number of hydrogen-bond donors (Lipinski definition) is 0. The summed E-state index contributed by atoms with van der Waals surface area (Å²) >= 11 is 0. The van der Waals surface area contributed by atoms with Crippen molar-refractivity contribution in [3.63, 3.8) is 0 Å². The van der Waals surface area contributed by atoms with Crippen LogP contribution in [0.2, 0.25) is 0 Å². The first-order chi connectivity index (χ1) is 24.8. The van der Waals surface area contributed by atoms with E-state index in [1.165, 1.54) is 0 Å². The van der Waals surface area contributed by atoms with E-state index in [1.807, 2.05) is 127 Å². The van der Waals surface area contributed by atoms with Gasteiger partial charge in [0.25, 0.3) is 0 Å². The van der Waals surface area contributed by atoms with Gasteiger partial charge in [-0.3, -0.25) is 4.99 Å². The zero-order valence-electron chi connectivity index (χ0n) is 26.6. The van der Waals surface area contributed by atoms with Crippen LogP contribution in [-0.2, 0) is 0 Å². The predicted octanol–water partition coefficient (Wildman–Crippen LogP) is 9.52. The molecule has 0 radical (unpaired) electrons. The maximum Gasteiger partial charge on any atom is 0.168 e. The molecule has 2 aromatic heterocycles. The Bertz CT molecular complexity index is 2570. The molecular formula is C43H27N5O2. The Morgan fingerprint density at radius 3 is 1.82 bits per heavy atom. The summed E-state index contributed by atoms with van der Waals surface area (Å²) in [6.45, 7) is 0. The van der Waals surface area contributed by atoms with Crippen LogP contribution in [0.4, 0.5) is 0 Å². The lowest BCUT2D eigenvalue weighted by Crippen LogP contribution is -2.34. The smallest absolute Gasteiger partial charge is 0.168 e. The number of hydrogen-bond acceptors (Lipinski definition) is 7. The van der Waals surface area contributed by atoms with Gasteiger partial charge in [0.05, 0.1) is 5.71 Å². The van der Waals surface area contributed by atoms with Crippen LogP contribution in [0.15, 0.2) is 166 Å². The molecule has 2 unspecified atom stereocenters. The molecule has 236 valence electrons. The molecule has 7 nitrogen and oxygen atoms in total. The molecule has 0 bridgehead atoms. The third-order valence-electron chi connectivity index (χ3n) is 9.30. The van der Waals surface area contributed by atoms with Crippen molar-refractivity contribution >= 4 is 33.5 Å². The fraction of sp³-hybridized carbons (Fsp3) is 0.0465. The number of aromatic nitrogens is 3. The highest BCUT2D eigenvalue weighted by molar-refractivity contribution is 6.24. The van der Waals surface area contributed by atoms with Crippen LogP contribution in [0, 0.1) is 0 Å². The van der Waals surface area contributed by atoms with Gasteiger partial charge in [0.1, 0.15) is 23.0 Å². The first-order valence-electron chi connectivity index (χ1n) is 16.6. The van der Waals surface area contributed by atoms with Gasteiger partial charge in [-0.1, -0.05) is 127 Å². The molecule has 0 aliphatic carbocycles. The lowest BCUT2D eigenvalue weighted by atomic mass is 9.92. The van der Waals surface area contributed by atoms with Crippen molar-refractivity contribution in [1.29, 1.82) is 0 Å². The van der Waals surface area contributed by atoms with Crippen LogP contribution in [0.3, 0.4) is 0 Å². The molecule has 0 saturated carbocycles. The molecule has 50 heavy (non-hydrogen) atoms. The molecule has 2 aliphatic heterocycles. The third-order valence-corrected chi connectivity index (χ3v) is 9.30. The largest absolute Gasteiger partial charge is 0.481 e. The van der Waals surface area contributed by atoms with E-state index in [9.17, 15) is 0 Å². The molecule has 2 atom stereocenters. The average Bonchev–Trinajstić information content (AvgIpc) is 3.76. The Kier molecular flexibility index (Phi) is 6.48. The molecular weight excluding hydrogens is 619 g/mol. The van der Waals surface area contributed by atoms with Gasteiger partial charge >= 0.3 is 0 Å². The highest BCUT2D eigenvalue weighted by atomic mass is 16.5. The average molecular weight is 646 g/mol. The molecule has 0 amide bonds. The van der Waals surface area contributed by atoms with Crippen molar-refractivity contribution in [2.45, 2.75) is 12.1 Å². The summed E-state index contributed by atoms with van der Waals surface area (Å²) in [6.07, 6.45) is -0.368. The topological polar surface area (TPSA) is 85.8 Å². The zero-order chi connectivity index (χ0) is 33.0. The molecule has 0 spiro atoms. The number of fused-ring (bicyclic) bond motifs is 6. The van der Waals surface area contributed by atoms with Gasteiger partial charge in [-0.25, -0.2) is 19.9 Å².